The SMILES string of the molecule is Cc1nc(SCc2cc(=O)n3ccsc3n2)c2c(=O)n(C)c(=O)n(CC(C)C)c2n1. The quantitative estimate of drug-likeness (QED) is 0.342. The van der Waals surface area contributed by atoms with Gasteiger partial charge in [0.25, 0.3) is 11.1 Å². The largest absolute Gasteiger partial charge is 0.332 e. The lowest BCUT2D eigenvalue weighted by Gasteiger charge is -2.15. The predicted octanol–water partition coefficient (Wildman–Crippen LogP) is 1.82. The highest BCUT2D eigenvalue weighted by atomic mass is 32.2. The van der Waals surface area contributed by atoms with Crippen LogP contribution in [0.2, 0.25) is 0 Å². The van der Waals surface area contributed by atoms with E-state index in [2.05, 4.69) is 15.0 Å². The summed E-state index contributed by atoms with van der Waals surface area (Å²) in [6, 6.07) is 1.48. The van der Waals surface area contributed by atoms with E-state index in [0.29, 0.717) is 44.8 Å². The Bertz CT molecular complexity index is 1450. The molecule has 0 aliphatic heterocycles. The topological polar surface area (TPSA) is 104 Å². The number of thiazole rings is 1. The van der Waals surface area contributed by atoms with E-state index in [1.165, 1.54) is 45.2 Å². The first-order valence-corrected chi connectivity index (χ1v) is 11.2. The van der Waals surface area contributed by atoms with Crippen molar-refractivity contribution in [2.75, 3.05) is 0 Å². The van der Waals surface area contributed by atoms with Crippen molar-refractivity contribution in [3.8, 4) is 0 Å². The van der Waals surface area contributed by atoms with Gasteiger partial charge in [0.15, 0.2) is 10.6 Å². The van der Waals surface area contributed by atoms with Gasteiger partial charge in [-0.3, -0.25) is 23.1 Å². The Labute approximate surface area is 179 Å². The molecule has 4 heterocycles. The first kappa shape index (κ1) is 20.5. The third kappa shape index (κ3) is 3.58. The van der Waals surface area contributed by atoms with Crippen molar-refractivity contribution in [3.05, 3.63) is 60.4 Å². The van der Waals surface area contributed by atoms with Crippen LogP contribution in [0.3, 0.4) is 0 Å². The molecule has 0 saturated carbocycles. The van der Waals surface area contributed by atoms with Crippen molar-refractivity contribution in [1.82, 2.24) is 28.5 Å². The maximum absolute atomic E-state index is 12.9. The third-order valence-corrected chi connectivity index (χ3v) is 6.29. The summed E-state index contributed by atoms with van der Waals surface area (Å²) in [6.07, 6.45) is 1.69. The summed E-state index contributed by atoms with van der Waals surface area (Å²) >= 11 is 2.69. The molecule has 30 heavy (non-hydrogen) atoms. The number of nitrogens with zero attached hydrogens (tertiary/aromatic N) is 6. The van der Waals surface area contributed by atoms with Gasteiger partial charge in [-0.05, 0) is 12.8 Å². The number of thioether (sulfide) groups is 1. The first-order chi connectivity index (χ1) is 14.3. The van der Waals surface area contributed by atoms with Gasteiger partial charge in [0, 0.05) is 37.0 Å². The summed E-state index contributed by atoms with van der Waals surface area (Å²) < 4.78 is 4.11. The molecule has 4 aromatic rings. The van der Waals surface area contributed by atoms with E-state index >= 15 is 0 Å². The molecular weight excluding hydrogens is 424 g/mol. The Hall–Kier alpha value is -2.79. The normalized spacial score (nSPS) is 11.8. The number of aryl methyl sites for hydroxylation is 1. The average molecular weight is 445 g/mol. The lowest BCUT2D eigenvalue weighted by atomic mass is 10.2. The highest BCUT2D eigenvalue weighted by molar-refractivity contribution is 7.98. The van der Waals surface area contributed by atoms with Gasteiger partial charge in [0.1, 0.15) is 16.2 Å². The Morgan fingerprint density at radius 3 is 2.67 bits per heavy atom. The van der Waals surface area contributed by atoms with Gasteiger partial charge < -0.3 is 0 Å². The minimum atomic E-state index is -0.431. The van der Waals surface area contributed by atoms with Crippen molar-refractivity contribution in [2.24, 2.45) is 13.0 Å². The fourth-order valence-electron chi connectivity index (χ4n) is 3.18. The highest BCUT2D eigenvalue weighted by Crippen LogP contribution is 2.25. The molecule has 0 saturated heterocycles. The van der Waals surface area contributed by atoms with Gasteiger partial charge in [-0.2, -0.15) is 0 Å². The molecule has 156 valence electrons. The van der Waals surface area contributed by atoms with E-state index in [1.807, 2.05) is 13.8 Å². The van der Waals surface area contributed by atoms with Crippen molar-refractivity contribution < 1.29 is 0 Å². The molecule has 4 aromatic heterocycles. The van der Waals surface area contributed by atoms with E-state index < -0.39 is 11.2 Å². The maximum atomic E-state index is 12.9. The molecule has 0 bridgehead atoms. The fourth-order valence-corrected chi connectivity index (χ4v) is 4.87. The van der Waals surface area contributed by atoms with Crippen LogP contribution in [0.4, 0.5) is 0 Å². The van der Waals surface area contributed by atoms with Crippen molar-refractivity contribution in [2.45, 2.75) is 38.1 Å². The lowest BCUT2D eigenvalue weighted by Crippen LogP contribution is -2.39. The van der Waals surface area contributed by atoms with Crippen LogP contribution in [0.5, 0.6) is 0 Å². The molecule has 0 radical (unpaired) electrons. The van der Waals surface area contributed by atoms with Crippen LogP contribution in [-0.2, 0) is 19.3 Å². The molecular formula is C19H20N6O3S2. The summed E-state index contributed by atoms with van der Waals surface area (Å²) in [5.41, 5.74) is -0.0349. The summed E-state index contributed by atoms with van der Waals surface area (Å²) in [5, 5.41) is 2.59. The second-order valence-electron chi connectivity index (χ2n) is 7.36. The summed E-state index contributed by atoms with van der Waals surface area (Å²) in [5.74, 6) is 1.03. The van der Waals surface area contributed by atoms with Gasteiger partial charge in [-0.15, -0.1) is 11.3 Å². The average Bonchev–Trinajstić information content (AvgIpc) is 3.16. The molecule has 11 heteroatoms. The van der Waals surface area contributed by atoms with Crippen molar-refractivity contribution >= 4 is 39.1 Å². The number of hydrogen-bond donors (Lipinski definition) is 0. The van der Waals surface area contributed by atoms with Crippen LogP contribution in [0.25, 0.3) is 16.0 Å². The molecule has 0 aliphatic rings. The van der Waals surface area contributed by atoms with Gasteiger partial charge >= 0.3 is 5.69 Å². The number of aromatic nitrogens is 6. The van der Waals surface area contributed by atoms with Crippen molar-refractivity contribution in [1.29, 1.82) is 0 Å². The Kier molecular flexibility index (Phi) is 5.33. The summed E-state index contributed by atoms with van der Waals surface area (Å²) in [7, 11) is 1.46. The molecule has 0 N–H and O–H groups in total. The van der Waals surface area contributed by atoms with Crippen LogP contribution in [0.1, 0.15) is 25.4 Å². The Balaban J connectivity index is 1.84. The van der Waals surface area contributed by atoms with Crippen LogP contribution in [0, 0.1) is 12.8 Å². The fraction of sp³-hybridized carbons (Fsp3) is 0.368. The third-order valence-electron chi connectivity index (χ3n) is 4.52. The molecule has 0 unspecified atom stereocenters. The minimum Gasteiger partial charge on any atom is -0.277 e. The smallest absolute Gasteiger partial charge is 0.277 e. The molecule has 0 amide bonds. The summed E-state index contributed by atoms with van der Waals surface area (Å²) in [6.45, 7) is 6.17. The van der Waals surface area contributed by atoms with Crippen LogP contribution in [-0.4, -0.2) is 28.5 Å². The van der Waals surface area contributed by atoms with E-state index in [9.17, 15) is 14.4 Å². The lowest BCUT2D eigenvalue weighted by molar-refractivity contribution is 0.498. The number of rotatable bonds is 5. The number of hydrogen-bond acceptors (Lipinski definition) is 8. The molecule has 0 aliphatic carbocycles. The standard InChI is InChI=1S/C19H20N6O3S2/c1-10(2)8-25-15-14(17(27)23(4)19(25)28)16(21-11(3)20-15)30-9-12-7-13(26)24-5-6-29-18(24)22-12/h5-7,10H,8-9H2,1-4H3. The van der Waals surface area contributed by atoms with Crippen LogP contribution < -0.4 is 16.8 Å². The molecule has 0 fully saturated rings. The van der Waals surface area contributed by atoms with Gasteiger partial charge in [0.05, 0.1) is 5.69 Å². The zero-order valence-corrected chi connectivity index (χ0v) is 18.6. The first-order valence-electron chi connectivity index (χ1n) is 9.33. The Morgan fingerprint density at radius 1 is 1.17 bits per heavy atom. The van der Waals surface area contributed by atoms with E-state index in [-0.39, 0.29) is 11.5 Å². The predicted molar refractivity (Wildman–Crippen MR) is 118 cm³/mol. The van der Waals surface area contributed by atoms with Crippen LogP contribution >= 0.6 is 23.1 Å². The second kappa shape index (κ2) is 7.80. The minimum absolute atomic E-state index is 0.151. The zero-order chi connectivity index (χ0) is 21.6. The van der Waals surface area contributed by atoms with Gasteiger partial charge in [-0.25, -0.2) is 19.7 Å². The van der Waals surface area contributed by atoms with Crippen LogP contribution in [0.15, 0.2) is 37.1 Å². The highest BCUT2D eigenvalue weighted by Gasteiger charge is 2.19. The van der Waals surface area contributed by atoms with Crippen molar-refractivity contribution in [3.63, 3.8) is 0 Å². The van der Waals surface area contributed by atoms with E-state index in [4.69, 9.17) is 0 Å². The molecule has 0 spiro atoms. The maximum Gasteiger partial charge on any atom is 0.332 e. The summed E-state index contributed by atoms with van der Waals surface area (Å²) in [4.78, 5) is 51.8. The molecule has 4 rings (SSSR count). The molecule has 0 aromatic carbocycles. The molecule has 9 nitrogen and oxygen atoms in total. The monoisotopic (exact) mass is 444 g/mol. The Morgan fingerprint density at radius 2 is 1.93 bits per heavy atom. The van der Waals surface area contributed by atoms with Gasteiger partial charge in [0.2, 0.25) is 0 Å². The number of fused-ring (bicyclic) bond motifs is 2. The molecule has 0 atom stereocenters. The van der Waals surface area contributed by atoms with E-state index in [1.54, 1.807) is 18.5 Å². The second-order valence-corrected chi connectivity index (χ2v) is 9.19. The van der Waals surface area contributed by atoms with E-state index in [0.717, 1.165) is 4.57 Å². The van der Waals surface area contributed by atoms with Gasteiger partial charge in [-0.1, -0.05) is 25.6 Å². The zero-order valence-electron chi connectivity index (χ0n) is 16.9.